The zero-order valence-electron chi connectivity index (χ0n) is 17.0. The normalized spacial score (nSPS) is 28.3. The summed E-state index contributed by atoms with van der Waals surface area (Å²) in [5.41, 5.74) is 0.0127. The lowest BCUT2D eigenvalue weighted by molar-refractivity contribution is -0.143. The molecule has 1 aromatic carbocycles. The number of carbonyl (C=O) groups excluding carboxylic acids is 1. The molecule has 2 atom stereocenters. The van der Waals surface area contributed by atoms with Crippen LogP contribution in [0.25, 0.3) is 0 Å². The van der Waals surface area contributed by atoms with E-state index in [0.29, 0.717) is 26.1 Å². The highest BCUT2D eigenvalue weighted by Crippen LogP contribution is 2.35. The van der Waals surface area contributed by atoms with Crippen molar-refractivity contribution in [1.82, 2.24) is 19.6 Å². The molecule has 1 aromatic rings. The smallest absolute Gasteiger partial charge is 0.236 e. The third-order valence-corrected chi connectivity index (χ3v) is 6.13. The maximum Gasteiger partial charge on any atom is 0.236 e. The molecule has 2 heterocycles. The first-order valence-corrected chi connectivity index (χ1v) is 10.0. The Kier molecular flexibility index (Phi) is 6.52. The van der Waals surface area contributed by atoms with Crippen LogP contribution in [0.4, 0.5) is 0 Å². The van der Waals surface area contributed by atoms with Gasteiger partial charge in [0.1, 0.15) is 5.60 Å². The molecule has 150 valence electrons. The minimum absolute atomic E-state index is 0.118. The third-order valence-electron chi connectivity index (χ3n) is 6.13. The molecule has 0 spiro atoms. The van der Waals surface area contributed by atoms with Gasteiger partial charge in [-0.3, -0.25) is 9.69 Å². The zero-order chi connectivity index (χ0) is 19.4. The lowest BCUT2D eigenvalue weighted by atomic mass is 9.80. The van der Waals surface area contributed by atoms with Crippen molar-refractivity contribution in [1.29, 1.82) is 0 Å². The molecule has 2 fully saturated rings. The van der Waals surface area contributed by atoms with Crippen molar-refractivity contribution in [3.8, 4) is 0 Å². The number of hydrogen-bond donors (Lipinski definition) is 1. The van der Waals surface area contributed by atoms with Crippen molar-refractivity contribution in [3.05, 3.63) is 35.9 Å². The second-order valence-corrected chi connectivity index (χ2v) is 8.29. The Bertz CT molecular complexity index is 624. The molecule has 1 N–H and O–H groups in total. The van der Waals surface area contributed by atoms with Crippen molar-refractivity contribution in [2.75, 3.05) is 67.0 Å². The van der Waals surface area contributed by atoms with Gasteiger partial charge in [-0.2, -0.15) is 0 Å². The summed E-state index contributed by atoms with van der Waals surface area (Å²) < 4.78 is 0. The highest BCUT2D eigenvalue weighted by atomic mass is 16.3. The van der Waals surface area contributed by atoms with Crippen LogP contribution in [0, 0.1) is 0 Å². The largest absolute Gasteiger partial charge is 0.383 e. The Balaban J connectivity index is 1.66. The number of likely N-dealkylation sites (tertiary alicyclic amines) is 1. The lowest BCUT2D eigenvalue weighted by Gasteiger charge is -2.47. The van der Waals surface area contributed by atoms with Crippen molar-refractivity contribution < 1.29 is 9.90 Å². The average molecular weight is 375 g/mol. The lowest BCUT2D eigenvalue weighted by Crippen LogP contribution is -2.61. The predicted octanol–water partition coefficient (Wildman–Crippen LogP) is 0.674. The summed E-state index contributed by atoms with van der Waals surface area (Å²) in [4.78, 5) is 21.5. The van der Waals surface area contributed by atoms with Crippen LogP contribution >= 0.6 is 0 Å². The van der Waals surface area contributed by atoms with Gasteiger partial charge in [-0.05, 0) is 52.6 Å². The fourth-order valence-corrected chi connectivity index (χ4v) is 4.35. The maximum absolute atomic E-state index is 12.9. The molecule has 2 aliphatic heterocycles. The number of benzene rings is 1. The summed E-state index contributed by atoms with van der Waals surface area (Å²) in [6.45, 7) is 5.68. The summed E-state index contributed by atoms with van der Waals surface area (Å²) in [6, 6.07) is 9.76. The van der Waals surface area contributed by atoms with Crippen LogP contribution in [0.2, 0.25) is 0 Å². The summed E-state index contributed by atoms with van der Waals surface area (Å²) >= 11 is 0. The van der Waals surface area contributed by atoms with E-state index >= 15 is 0 Å². The number of nitrogens with zero attached hydrogens (tertiary/aromatic N) is 4. The van der Waals surface area contributed by atoms with Gasteiger partial charge in [-0.15, -0.1) is 0 Å². The van der Waals surface area contributed by atoms with E-state index in [9.17, 15) is 9.90 Å². The molecule has 0 aromatic heterocycles. The fraction of sp³-hybridized carbons (Fsp3) is 0.667. The average Bonchev–Trinajstić information content (AvgIpc) is 2.86. The van der Waals surface area contributed by atoms with Gasteiger partial charge < -0.3 is 19.8 Å². The second kappa shape index (κ2) is 8.69. The number of hydrogen-bond acceptors (Lipinski definition) is 5. The van der Waals surface area contributed by atoms with E-state index in [2.05, 4.69) is 16.8 Å². The summed E-state index contributed by atoms with van der Waals surface area (Å²) in [5, 5.41) is 11.5. The summed E-state index contributed by atoms with van der Waals surface area (Å²) in [5.74, 6) is 0.182. The van der Waals surface area contributed by atoms with E-state index in [1.54, 1.807) is 0 Å². The molecule has 0 unspecified atom stereocenters. The minimum Gasteiger partial charge on any atom is -0.383 e. The van der Waals surface area contributed by atoms with Gasteiger partial charge in [0.2, 0.25) is 5.91 Å². The van der Waals surface area contributed by atoms with E-state index in [-0.39, 0.29) is 11.9 Å². The summed E-state index contributed by atoms with van der Waals surface area (Å²) in [6.07, 6.45) is 1.67. The molecule has 6 heteroatoms. The Morgan fingerprint density at radius 2 is 1.89 bits per heavy atom. The Hall–Kier alpha value is -1.47. The predicted molar refractivity (Wildman–Crippen MR) is 108 cm³/mol. The molecular weight excluding hydrogens is 340 g/mol. The zero-order valence-corrected chi connectivity index (χ0v) is 17.0. The highest BCUT2D eigenvalue weighted by Gasteiger charge is 2.45. The fourth-order valence-electron chi connectivity index (χ4n) is 4.35. The Labute approximate surface area is 163 Å². The molecular formula is C21H34N4O2. The van der Waals surface area contributed by atoms with Gasteiger partial charge in [0.25, 0.3) is 0 Å². The van der Waals surface area contributed by atoms with Crippen LogP contribution in [0.3, 0.4) is 0 Å². The first kappa shape index (κ1) is 20.3. The topological polar surface area (TPSA) is 50.3 Å². The molecule has 2 aliphatic rings. The second-order valence-electron chi connectivity index (χ2n) is 8.29. The summed E-state index contributed by atoms with van der Waals surface area (Å²) in [7, 11) is 6.11. The molecule has 0 saturated carbocycles. The SMILES string of the molecule is CN1CCCN(CC(=O)N2CC[C@](O)(c3ccccc3)[C@H](N(C)C)C2)CC1. The molecule has 2 saturated heterocycles. The number of likely N-dealkylation sites (N-methyl/N-ethyl adjacent to an activating group) is 2. The molecule has 0 radical (unpaired) electrons. The van der Waals surface area contributed by atoms with Crippen LogP contribution in [-0.2, 0) is 10.4 Å². The van der Waals surface area contributed by atoms with Gasteiger partial charge in [0.15, 0.2) is 0 Å². The van der Waals surface area contributed by atoms with Gasteiger partial charge >= 0.3 is 0 Å². The van der Waals surface area contributed by atoms with Gasteiger partial charge in [-0.25, -0.2) is 0 Å². The first-order chi connectivity index (χ1) is 12.9. The van der Waals surface area contributed by atoms with E-state index in [4.69, 9.17) is 0 Å². The van der Waals surface area contributed by atoms with Gasteiger partial charge in [0.05, 0.1) is 12.6 Å². The number of amides is 1. The molecule has 6 nitrogen and oxygen atoms in total. The maximum atomic E-state index is 12.9. The van der Waals surface area contributed by atoms with E-state index in [0.717, 1.165) is 38.2 Å². The van der Waals surface area contributed by atoms with Gasteiger partial charge in [0, 0.05) is 26.2 Å². The number of carbonyl (C=O) groups is 1. The van der Waals surface area contributed by atoms with Crippen molar-refractivity contribution >= 4 is 5.91 Å². The molecule has 3 rings (SSSR count). The first-order valence-electron chi connectivity index (χ1n) is 10.0. The van der Waals surface area contributed by atoms with E-state index < -0.39 is 5.60 Å². The highest BCUT2D eigenvalue weighted by molar-refractivity contribution is 5.78. The molecule has 27 heavy (non-hydrogen) atoms. The number of piperidine rings is 1. The molecule has 1 amide bonds. The van der Waals surface area contributed by atoms with Crippen molar-refractivity contribution in [2.24, 2.45) is 0 Å². The van der Waals surface area contributed by atoms with E-state index in [1.165, 1.54) is 0 Å². The molecule has 0 bridgehead atoms. The number of rotatable bonds is 4. The van der Waals surface area contributed by atoms with Gasteiger partial charge in [-0.1, -0.05) is 30.3 Å². The van der Waals surface area contributed by atoms with Crippen LogP contribution in [0.15, 0.2) is 30.3 Å². The van der Waals surface area contributed by atoms with Crippen LogP contribution in [0.5, 0.6) is 0 Å². The van der Waals surface area contributed by atoms with E-state index in [1.807, 2.05) is 54.2 Å². The van der Waals surface area contributed by atoms with Crippen molar-refractivity contribution in [3.63, 3.8) is 0 Å². The monoisotopic (exact) mass is 374 g/mol. The Morgan fingerprint density at radius 1 is 1.15 bits per heavy atom. The standard InChI is InChI=1S/C21H34N4O2/c1-22(2)19-16-25(13-10-21(19,27)18-8-5-4-6-9-18)20(26)17-24-12-7-11-23(3)14-15-24/h4-6,8-9,19,27H,7,10-17H2,1-3H3/t19-,21+/m1/s1. The van der Waals surface area contributed by atoms with Crippen molar-refractivity contribution in [2.45, 2.75) is 24.5 Å². The van der Waals surface area contributed by atoms with Crippen LogP contribution in [-0.4, -0.2) is 104 Å². The Morgan fingerprint density at radius 3 is 2.59 bits per heavy atom. The molecule has 0 aliphatic carbocycles. The minimum atomic E-state index is -0.924. The van der Waals surface area contributed by atoms with Crippen LogP contribution in [0.1, 0.15) is 18.4 Å². The third kappa shape index (κ3) is 4.69. The van der Waals surface area contributed by atoms with Crippen LogP contribution < -0.4 is 0 Å². The quantitative estimate of drug-likeness (QED) is 0.840. The number of aliphatic hydroxyl groups is 1.